The van der Waals surface area contributed by atoms with E-state index in [0.717, 1.165) is 12.0 Å². The highest BCUT2D eigenvalue weighted by atomic mass is 32.2. The van der Waals surface area contributed by atoms with E-state index < -0.39 is 28.5 Å². The summed E-state index contributed by atoms with van der Waals surface area (Å²) in [6.45, 7) is 3.45. The van der Waals surface area contributed by atoms with E-state index in [0.29, 0.717) is 5.69 Å². The van der Waals surface area contributed by atoms with E-state index in [-0.39, 0.29) is 17.0 Å². The fourth-order valence-electron chi connectivity index (χ4n) is 2.30. The van der Waals surface area contributed by atoms with E-state index >= 15 is 0 Å². The molecule has 0 unspecified atom stereocenters. The molecular weight excluding hydrogens is 368 g/mol. The van der Waals surface area contributed by atoms with Crippen molar-refractivity contribution in [2.24, 2.45) is 0 Å². The monoisotopic (exact) mass is 390 g/mol. The number of nitrogens with one attached hydrogen (secondary N) is 2. The lowest BCUT2D eigenvalue weighted by Gasteiger charge is -2.09. The minimum atomic E-state index is -3.68. The highest BCUT2D eigenvalue weighted by Crippen LogP contribution is 2.13. The number of hydrogen-bond acceptors (Lipinski definition) is 5. The molecule has 8 heteroatoms. The van der Waals surface area contributed by atoms with Gasteiger partial charge in [-0.1, -0.05) is 32.0 Å². The molecule has 0 fully saturated rings. The quantitative estimate of drug-likeness (QED) is 0.674. The molecule has 2 rings (SSSR count). The van der Waals surface area contributed by atoms with Gasteiger partial charge in [0, 0.05) is 12.2 Å². The van der Waals surface area contributed by atoms with Crippen LogP contribution in [0.4, 0.5) is 5.69 Å². The number of carbonyl (C=O) groups excluding carboxylic acids is 2. The molecule has 0 saturated heterocycles. The molecule has 0 radical (unpaired) electrons. The number of esters is 1. The van der Waals surface area contributed by atoms with Gasteiger partial charge in [0.05, 0.1) is 10.5 Å². The fraction of sp³-hybridized carbons (Fsp3) is 0.263. The van der Waals surface area contributed by atoms with Crippen molar-refractivity contribution in [1.29, 1.82) is 0 Å². The van der Waals surface area contributed by atoms with Crippen LogP contribution in [0.15, 0.2) is 53.4 Å². The number of hydrogen-bond donors (Lipinski definition) is 2. The Balaban J connectivity index is 1.95. The third-order valence-electron chi connectivity index (χ3n) is 3.69. The van der Waals surface area contributed by atoms with Crippen LogP contribution in [0, 0.1) is 0 Å². The molecule has 0 atom stereocenters. The molecule has 0 heterocycles. The first-order valence-corrected chi connectivity index (χ1v) is 9.99. The predicted octanol–water partition coefficient (Wildman–Crippen LogP) is 2.34. The molecule has 0 aliphatic rings. The van der Waals surface area contributed by atoms with Crippen LogP contribution in [0.1, 0.15) is 29.8 Å². The van der Waals surface area contributed by atoms with Gasteiger partial charge in [-0.25, -0.2) is 17.9 Å². The van der Waals surface area contributed by atoms with Crippen molar-refractivity contribution in [1.82, 2.24) is 4.72 Å². The van der Waals surface area contributed by atoms with E-state index in [9.17, 15) is 18.0 Å². The first-order chi connectivity index (χ1) is 12.9. The summed E-state index contributed by atoms with van der Waals surface area (Å²) < 4.78 is 31.3. The molecular formula is C19H22N2O5S. The van der Waals surface area contributed by atoms with Crippen LogP contribution < -0.4 is 10.0 Å². The molecule has 7 nitrogen and oxygen atoms in total. The van der Waals surface area contributed by atoms with E-state index in [4.69, 9.17) is 4.74 Å². The molecule has 2 aromatic rings. The second-order valence-corrected chi connectivity index (χ2v) is 7.47. The van der Waals surface area contributed by atoms with Crippen molar-refractivity contribution in [2.75, 3.05) is 18.5 Å². The van der Waals surface area contributed by atoms with Crippen LogP contribution in [-0.4, -0.2) is 33.4 Å². The smallest absolute Gasteiger partial charge is 0.338 e. The van der Waals surface area contributed by atoms with Gasteiger partial charge in [0.25, 0.3) is 5.91 Å². The van der Waals surface area contributed by atoms with Crippen LogP contribution >= 0.6 is 0 Å². The number of benzene rings is 2. The van der Waals surface area contributed by atoms with Gasteiger partial charge in [-0.15, -0.1) is 0 Å². The number of aryl methyl sites for hydroxylation is 1. The van der Waals surface area contributed by atoms with Crippen LogP contribution in [0.25, 0.3) is 0 Å². The summed E-state index contributed by atoms with van der Waals surface area (Å²) in [5.74, 6) is -1.26. The predicted molar refractivity (Wildman–Crippen MR) is 102 cm³/mol. The van der Waals surface area contributed by atoms with Crippen molar-refractivity contribution in [3.63, 3.8) is 0 Å². The molecule has 1 amide bonds. The van der Waals surface area contributed by atoms with Gasteiger partial charge in [-0.05, 0) is 42.3 Å². The average Bonchev–Trinajstić information content (AvgIpc) is 2.67. The fourth-order valence-corrected chi connectivity index (χ4v) is 3.39. The summed E-state index contributed by atoms with van der Waals surface area (Å²) in [6, 6.07) is 12.8. The van der Waals surface area contributed by atoms with Crippen molar-refractivity contribution in [2.45, 2.75) is 25.2 Å². The van der Waals surface area contributed by atoms with E-state index in [1.54, 1.807) is 19.1 Å². The first-order valence-electron chi connectivity index (χ1n) is 8.51. The summed E-state index contributed by atoms with van der Waals surface area (Å²) in [5, 5.41) is 2.63. The Kier molecular flexibility index (Phi) is 7.09. The van der Waals surface area contributed by atoms with Gasteiger partial charge in [0.15, 0.2) is 6.61 Å². The maximum atomic E-state index is 12.1. The summed E-state index contributed by atoms with van der Waals surface area (Å²) in [6.07, 6.45) is 0.897. The molecule has 2 N–H and O–H groups in total. The van der Waals surface area contributed by atoms with E-state index in [1.165, 1.54) is 24.3 Å². The third-order valence-corrected chi connectivity index (χ3v) is 5.24. The third kappa shape index (κ3) is 5.90. The summed E-state index contributed by atoms with van der Waals surface area (Å²) in [7, 11) is -3.68. The number of sulfonamides is 1. The second kappa shape index (κ2) is 9.29. The van der Waals surface area contributed by atoms with Gasteiger partial charge in [0.2, 0.25) is 10.0 Å². The number of rotatable bonds is 8. The second-order valence-electron chi connectivity index (χ2n) is 5.70. The minimum Gasteiger partial charge on any atom is -0.452 e. The lowest BCUT2D eigenvalue weighted by Crippen LogP contribution is -2.24. The zero-order chi connectivity index (χ0) is 19.9. The summed E-state index contributed by atoms with van der Waals surface area (Å²) >= 11 is 0. The summed E-state index contributed by atoms with van der Waals surface area (Å²) in [4.78, 5) is 24.0. The lowest BCUT2D eigenvalue weighted by molar-refractivity contribution is -0.119. The number of ether oxygens (including phenoxy) is 1. The van der Waals surface area contributed by atoms with E-state index in [2.05, 4.69) is 10.0 Å². The zero-order valence-electron chi connectivity index (χ0n) is 15.2. The van der Waals surface area contributed by atoms with Crippen LogP contribution in [0.5, 0.6) is 0 Å². The van der Waals surface area contributed by atoms with Crippen molar-refractivity contribution in [3.05, 3.63) is 59.7 Å². The Hall–Kier alpha value is -2.71. The first kappa shape index (κ1) is 20.6. The Labute approximate surface area is 158 Å². The van der Waals surface area contributed by atoms with E-state index in [1.807, 2.05) is 19.1 Å². The SMILES string of the molecule is CCNS(=O)(=O)c1cccc(C(=O)OCC(=O)Nc2ccc(CC)cc2)c1. The largest absolute Gasteiger partial charge is 0.452 e. The maximum absolute atomic E-state index is 12.1. The molecule has 0 aliphatic heterocycles. The molecule has 0 aliphatic carbocycles. The topological polar surface area (TPSA) is 102 Å². The van der Waals surface area contributed by atoms with Gasteiger partial charge in [0.1, 0.15) is 0 Å². The van der Waals surface area contributed by atoms with Crippen molar-refractivity contribution < 1.29 is 22.7 Å². The molecule has 2 aromatic carbocycles. The van der Waals surface area contributed by atoms with Gasteiger partial charge in [-0.3, -0.25) is 4.79 Å². The van der Waals surface area contributed by atoms with Crippen LogP contribution in [0.2, 0.25) is 0 Å². The standard InChI is InChI=1S/C19H22N2O5S/c1-3-14-8-10-16(11-9-14)21-18(22)13-26-19(23)15-6-5-7-17(12-15)27(24,25)20-4-2/h5-12,20H,3-4,13H2,1-2H3,(H,21,22). The van der Waals surface area contributed by atoms with Crippen LogP contribution in [-0.2, 0) is 26.0 Å². The minimum absolute atomic E-state index is 0.0423. The number of amides is 1. The molecule has 27 heavy (non-hydrogen) atoms. The summed E-state index contributed by atoms with van der Waals surface area (Å²) in [5.41, 5.74) is 1.80. The highest BCUT2D eigenvalue weighted by Gasteiger charge is 2.16. The van der Waals surface area contributed by atoms with Gasteiger partial charge in [-0.2, -0.15) is 0 Å². The molecule has 0 aromatic heterocycles. The molecule has 144 valence electrons. The van der Waals surface area contributed by atoms with Gasteiger partial charge >= 0.3 is 5.97 Å². The highest BCUT2D eigenvalue weighted by molar-refractivity contribution is 7.89. The van der Waals surface area contributed by atoms with Gasteiger partial charge < -0.3 is 10.1 Å². The Morgan fingerprint density at radius 2 is 1.74 bits per heavy atom. The Morgan fingerprint density at radius 3 is 2.37 bits per heavy atom. The van der Waals surface area contributed by atoms with Crippen LogP contribution in [0.3, 0.4) is 0 Å². The maximum Gasteiger partial charge on any atom is 0.338 e. The van der Waals surface area contributed by atoms with Crippen molar-refractivity contribution in [3.8, 4) is 0 Å². The zero-order valence-corrected chi connectivity index (χ0v) is 16.0. The molecule has 0 saturated carbocycles. The normalized spacial score (nSPS) is 11.0. The number of carbonyl (C=O) groups is 2. The average molecular weight is 390 g/mol. The Morgan fingerprint density at radius 1 is 1.04 bits per heavy atom. The number of anilines is 1. The van der Waals surface area contributed by atoms with Crippen molar-refractivity contribution >= 4 is 27.6 Å². The lowest BCUT2D eigenvalue weighted by atomic mass is 10.1. The molecule has 0 bridgehead atoms. The molecule has 0 spiro atoms. The Bertz CT molecular complexity index is 908.